The highest BCUT2D eigenvalue weighted by atomic mass is 19.1. The fourth-order valence-electron chi connectivity index (χ4n) is 4.69. The largest absolute Gasteiger partial charge is 0.577 e. The number of hydrogen-bond donors (Lipinski definition) is 0. The van der Waals surface area contributed by atoms with Crippen LogP contribution in [0.15, 0.2) is 53.7 Å². The molecule has 122 valence electrons. The summed E-state index contributed by atoms with van der Waals surface area (Å²) in [4.78, 5) is 0. The van der Waals surface area contributed by atoms with Gasteiger partial charge in [0.05, 0.1) is 0 Å². The highest BCUT2D eigenvalue weighted by Gasteiger charge is 2.53. The molecular weight excluding hydrogens is 298 g/mol. The van der Waals surface area contributed by atoms with Crippen molar-refractivity contribution < 1.29 is 8.80 Å². The van der Waals surface area contributed by atoms with Crippen molar-refractivity contribution in [3.8, 4) is 0 Å². The third kappa shape index (κ3) is 1.69. The van der Waals surface area contributed by atoms with E-state index in [1.165, 1.54) is 0 Å². The maximum absolute atomic E-state index is 17.0. The molecule has 0 N–H and O–H groups in total. The Hall–Kier alpha value is -2.36. The molecular formula is C20H22BFN2. The lowest BCUT2D eigenvalue weighted by Crippen LogP contribution is -2.63. The fraction of sp³-hybridized carbons (Fsp3) is 0.250. The second kappa shape index (κ2) is 4.82. The first kappa shape index (κ1) is 15.2. The van der Waals surface area contributed by atoms with E-state index in [2.05, 4.69) is 32.9 Å². The standard InChI is InChI=1S/C20H22BFN2/c1-13-11-15(3)23-19(13)17(5)20-14(2)12-16(4)24(20)21(23,22)18-9-7-6-8-10-18/h6-12H,1-5H3. The summed E-state index contributed by atoms with van der Waals surface area (Å²) in [5, 5.41) is 0. The number of fused-ring (bicyclic) bond motifs is 2. The van der Waals surface area contributed by atoms with Crippen molar-refractivity contribution in [3.63, 3.8) is 0 Å². The molecule has 0 saturated carbocycles. The molecule has 4 heteroatoms. The molecule has 1 aromatic carbocycles. The van der Waals surface area contributed by atoms with Crippen molar-refractivity contribution in [2.24, 2.45) is 0 Å². The molecule has 1 atom stereocenters. The maximum atomic E-state index is 17.0. The van der Waals surface area contributed by atoms with Crippen LogP contribution in [0.5, 0.6) is 0 Å². The minimum absolute atomic E-state index is 0.713. The Kier molecular flexibility index (Phi) is 3.05. The number of halogens is 1. The lowest BCUT2D eigenvalue weighted by atomic mass is 9.58. The summed E-state index contributed by atoms with van der Waals surface area (Å²) >= 11 is 0. The zero-order valence-electron chi connectivity index (χ0n) is 14.9. The molecule has 24 heavy (non-hydrogen) atoms. The number of allylic oxidation sites excluding steroid dienone is 3. The summed E-state index contributed by atoms with van der Waals surface area (Å²) in [6.07, 6.45) is 2.09. The molecule has 4 rings (SSSR count). The topological polar surface area (TPSA) is 7.94 Å². The molecule has 0 amide bonds. The van der Waals surface area contributed by atoms with Crippen LogP contribution in [0.25, 0.3) is 5.57 Å². The van der Waals surface area contributed by atoms with Gasteiger partial charge in [0.25, 0.3) is 0 Å². The molecule has 0 bridgehead atoms. The van der Waals surface area contributed by atoms with Gasteiger partial charge in [-0.05, 0) is 45.0 Å². The van der Waals surface area contributed by atoms with E-state index in [1.807, 2.05) is 53.1 Å². The molecule has 0 saturated heterocycles. The first-order valence-corrected chi connectivity index (χ1v) is 8.48. The second-order valence-corrected chi connectivity index (χ2v) is 7.09. The average molecular weight is 320 g/mol. The van der Waals surface area contributed by atoms with Crippen molar-refractivity contribution in [1.29, 1.82) is 0 Å². The summed E-state index contributed by atoms with van der Waals surface area (Å²) < 4.78 is 20.8. The van der Waals surface area contributed by atoms with Gasteiger partial charge in [0.2, 0.25) is 0 Å². The van der Waals surface area contributed by atoms with Gasteiger partial charge in [-0.15, -0.1) is 0 Å². The minimum Gasteiger partial charge on any atom is -0.423 e. The zero-order chi connectivity index (χ0) is 17.2. The fourth-order valence-corrected chi connectivity index (χ4v) is 4.69. The molecule has 2 aliphatic rings. The van der Waals surface area contributed by atoms with Gasteiger partial charge in [0.15, 0.2) is 5.70 Å². The summed E-state index contributed by atoms with van der Waals surface area (Å²) in [5.41, 5.74) is 8.10. The van der Waals surface area contributed by atoms with Crippen molar-refractivity contribution in [3.05, 3.63) is 70.7 Å². The van der Waals surface area contributed by atoms with Crippen LogP contribution >= 0.6 is 0 Å². The van der Waals surface area contributed by atoms with Crippen LogP contribution in [0.2, 0.25) is 0 Å². The Morgan fingerprint density at radius 1 is 1.00 bits per heavy atom. The van der Waals surface area contributed by atoms with E-state index in [4.69, 9.17) is 0 Å². The first-order valence-electron chi connectivity index (χ1n) is 8.48. The van der Waals surface area contributed by atoms with Gasteiger partial charge in [0.1, 0.15) is 5.71 Å². The molecule has 2 aromatic rings. The number of rotatable bonds is 1. The zero-order valence-corrected chi connectivity index (χ0v) is 14.9. The molecule has 0 spiro atoms. The minimum atomic E-state index is -2.60. The third-order valence-corrected chi connectivity index (χ3v) is 5.46. The monoisotopic (exact) mass is 320 g/mol. The molecule has 3 heterocycles. The lowest BCUT2D eigenvalue weighted by molar-refractivity contribution is -0.346. The van der Waals surface area contributed by atoms with Gasteiger partial charge in [0, 0.05) is 29.8 Å². The van der Waals surface area contributed by atoms with Crippen LogP contribution in [-0.2, 0) is 0 Å². The number of aryl methyl sites for hydroxylation is 2. The van der Waals surface area contributed by atoms with E-state index in [0.717, 1.165) is 39.5 Å². The average Bonchev–Trinajstić information content (AvgIpc) is 3.02. The Bertz CT molecular complexity index is 963. The normalized spacial score (nSPS) is 22.7. The van der Waals surface area contributed by atoms with E-state index in [-0.39, 0.29) is 0 Å². The predicted molar refractivity (Wildman–Crippen MR) is 99.5 cm³/mol. The molecule has 2 aliphatic heterocycles. The maximum Gasteiger partial charge on any atom is 0.577 e. The summed E-state index contributed by atoms with van der Waals surface area (Å²) in [6.45, 7) is 7.66. The summed E-state index contributed by atoms with van der Waals surface area (Å²) in [5.74, 6) is 0. The van der Waals surface area contributed by atoms with E-state index in [1.54, 1.807) is 0 Å². The molecule has 1 aromatic heterocycles. The SMILES string of the molecule is CC1=CC(C)=[N+]2C1=C(C)c1c(C)cc(C)n1[B-]2(F)c1ccccc1. The van der Waals surface area contributed by atoms with Crippen molar-refractivity contribution >= 4 is 23.4 Å². The van der Waals surface area contributed by atoms with E-state index in [0.29, 0.717) is 5.46 Å². The predicted octanol–water partition coefficient (Wildman–Crippen LogP) is 3.95. The van der Waals surface area contributed by atoms with E-state index >= 15 is 4.32 Å². The second-order valence-electron chi connectivity index (χ2n) is 7.09. The van der Waals surface area contributed by atoms with Gasteiger partial charge in [-0.3, -0.25) is 0 Å². The number of hydrogen-bond acceptors (Lipinski definition) is 0. The Morgan fingerprint density at radius 3 is 2.33 bits per heavy atom. The van der Waals surface area contributed by atoms with Crippen LogP contribution in [-0.4, -0.2) is 21.4 Å². The molecule has 0 fully saturated rings. The van der Waals surface area contributed by atoms with Crippen molar-refractivity contribution in [2.75, 3.05) is 0 Å². The van der Waals surface area contributed by atoms with E-state index < -0.39 is 6.69 Å². The van der Waals surface area contributed by atoms with Gasteiger partial charge in [-0.2, -0.15) is 0 Å². The van der Waals surface area contributed by atoms with Gasteiger partial charge in [-0.1, -0.05) is 35.8 Å². The van der Waals surface area contributed by atoms with Crippen LogP contribution in [0.3, 0.4) is 0 Å². The van der Waals surface area contributed by atoms with Crippen LogP contribution in [0, 0.1) is 13.8 Å². The van der Waals surface area contributed by atoms with Gasteiger partial charge in [-0.25, -0.2) is 0 Å². The van der Waals surface area contributed by atoms with Crippen molar-refractivity contribution in [1.82, 2.24) is 4.48 Å². The number of nitrogens with zero attached hydrogens (tertiary/aromatic N) is 2. The van der Waals surface area contributed by atoms with E-state index in [9.17, 15) is 0 Å². The van der Waals surface area contributed by atoms with Crippen LogP contribution in [0.4, 0.5) is 4.32 Å². The third-order valence-electron chi connectivity index (χ3n) is 5.46. The van der Waals surface area contributed by atoms with Gasteiger partial charge >= 0.3 is 6.69 Å². The molecule has 1 unspecified atom stereocenters. The molecule has 0 aliphatic carbocycles. The first-order chi connectivity index (χ1) is 11.4. The number of benzene rings is 1. The highest BCUT2D eigenvalue weighted by molar-refractivity contribution is 6.79. The molecule has 0 radical (unpaired) electrons. The number of aromatic nitrogens is 1. The lowest BCUT2D eigenvalue weighted by Gasteiger charge is -2.39. The Morgan fingerprint density at radius 2 is 1.67 bits per heavy atom. The summed E-state index contributed by atoms with van der Waals surface area (Å²) in [6, 6.07) is 11.7. The molecule has 2 nitrogen and oxygen atoms in total. The van der Waals surface area contributed by atoms with Crippen molar-refractivity contribution in [2.45, 2.75) is 34.6 Å². The highest BCUT2D eigenvalue weighted by Crippen LogP contribution is 2.40. The van der Waals surface area contributed by atoms with Crippen LogP contribution < -0.4 is 5.46 Å². The van der Waals surface area contributed by atoms with Gasteiger partial charge < -0.3 is 13.3 Å². The quantitative estimate of drug-likeness (QED) is 0.703. The summed E-state index contributed by atoms with van der Waals surface area (Å²) in [7, 11) is 0. The smallest absolute Gasteiger partial charge is 0.423 e. The Labute approximate surface area is 142 Å². The van der Waals surface area contributed by atoms with Crippen LogP contribution in [0.1, 0.15) is 37.7 Å². The Balaban J connectivity index is 2.18.